The molecule has 106 valence electrons. The van der Waals surface area contributed by atoms with E-state index in [9.17, 15) is 0 Å². The Labute approximate surface area is 118 Å². The highest BCUT2D eigenvalue weighted by Crippen LogP contribution is 2.32. The maximum Gasteiger partial charge on any atom is 0.0236 e. The zero-order chi connectivity index (χ0) is 13.7. The highest BCUT2D eigenvalue weighted by Gasteiger charge is 2.27. The molecule has 1 atom stereocenters. The van der Waals surface area contributed by atoms with Crippen LogP contribution in [0.5, 0.6) is 0 Å². The summed E-state index contributed by atoms with van der Waals surface area (Å²) >= 11 is 0. The van der Waals surface area contributed by atoms with Crippen LogP contribution in [-0.2, 0) is 13.1 Å². The molecule has 1 N–H and O–H groups in total. The molecule has 1 aromatic carbocycles. The molecule has 1 aromatic rings. The van der Waals surface area contributed by atoms with Gasteiger partial charge in [0.05, 0.1) is 0 Å². The van der Waals surface area contributed by atoms with Crippen molar-refractivity contribution >= 4 is 0 Å². The Morgan fingerprint density at radius 1 is 1.16 bits per heavy atom. The van der Waals surface area contributed by atoms with Gasteiger partial charge in [-0.1, -0.05) is 38.1 Å². The Morgan fingerprint density at radius 3 is 2.37 bits per heavy atom. The Kier molecular flexibility index (Phi) is 5.41. The van der Waals surface area contributed by atoms with Gasteiger partial charge in [0.25, 0.3) is 0 Å². The normalized spacial score (nSPS) is 16.8. The topological polar surface area (TPSA) is 15.3 Å². The van der Waals surface area contributed by atoms with Gasteiger partial charge in [-0.05, 0) is 49.9 Å². The predicted molar refractivity (Wildman–Crippen MR) is 82.1 cm³/mol. The molecular formula is C17H28N2. The lowest BCUT2D eigenvalue weighted by Gasteiger charge is -2.21. The molecule has 0 bridgehead atoms. The summed E-state index contributed by atoms with van der Waals surface area (Å²) in [5.74, 6) is 0.926. The number of nitrogens with zero attached hydrogens (tertiary/aromatic N) is 1. The number of benzene rings is 1. The van der Waals surface area contributed by atoms with Crippen LogP contribution in [0, 0.1) is 5.92 Å². The molecule has 0 spiro atoms. The van der Waals surface area contributed by atoms with Crippen LogP contribution in [0.2, 0.25) is 0 Å². The average Bonchev–Trinajstić information content (AvgIpc) is 3.27. The fourth-order valence-electron chi connectivity index (χ4n) is 2.61. The second-order valence-electron chi connectivity index (χ2n) is 5.74. The molecule has 2 rings (SSSR count). The maximum absolute atomic E-state index is 3.69. The third-order valence-electron chi connectivity index (χ3n) is 4.35. The minimum Gasteiger partial charge on any atom is -0.310 e. The van der Waals surface area contributed by atoms with Crippen LogP contribution < -0.4 is 5.32 Å². The van der Waals surface area contributed by atoms with Gasteiger partial charge in [0, 0.05) is 19.1 Å². The van der Waals surface area contributed by atoms with Crippen LogP contribution in [0.25, 0.3) is 0 Å². The van der Waals surface area contributed by atoms with Crippen molar-refractivity contribution in [2.75, 3.05) is 13.1 Å². The molecule has 1 aliphatic carbocycles. The summed E-state index contributed by atoms with van der Waals surface area (Å²) in [7, 11) is 0. The van der Waals surface area contributed by atoms with E-state index in [0.717, 1.165) is 32.1 Å². The van der Waals surface area contributed by atoms with Crippen LogP contribution in [0.4, 0.5) is 0 Å². The summed E-state index contributed by atoms with van der Waals surface area (Å²) in [4.78, 5) is 2.48. The summed E-state index contributed by atoms with van der Waals surface area (Å²) in [5.41, 5.74) is 2.93. The Hall–Kier alpha value is -0.860. The lowest BCUT2D eigenvalue weighted by atomic mass is 10.1. The van der Waals surface area contributed by atoms with Gasteiger partial charge in [-0.25, -0.2) is 0 Å². The first-order valence-electron chi connectivity index (χ1n) is 7.77. The quantitative estimate of drug-likeness (QED) is 0.770. The number of hydrogen-bond acceptors (Lipinski definition) is 2. The van der Waals surface area contributed by atoms with Gasteiger partial charge in [0.15, 0.2) is 0 Å². The highest BCUT2D eigenvalue weighted by molar-refractivity contribution is 5.27. The van der Waals surface area contributed by atoms with E-state index in [1.165, 1.54) is 24.0 Å². The number of rotatable bonds is 8. The molecule has 1 fully saturated rings. The van der Waals surface area contributed by atoms with Crippen molar-refractivity contribution in [2.45, 2.75) is 52.7 Å². The molecule has 0 aromatic heterocycles. The van der Waals surface area contributed by atoms with Crippen molar-refractivity contribution in [3.05, 3.63) is 35.4 Å². The Bertz CT molecular complexity index is 381. The van der Waals surface area contributed by atoms with Gasteiger partial charge >= 0.3 is 0 Å². The van der Waals surface area contributed by atoms with E-state index >= 15 is 0 Å². The first kappa shape index (κ1) is 14.5. The van der Waals surface area contributed by atoms with Gasteiger partial charge < -0.3 is 5.32 Å². The zero-order valence-electron chi connectivity index (χ0n) is 12.7. The smallest absolute Gasteiger partial charge is 0.0236 e. The predicted octanol–water partition coefficient (Wildman–Crippen LogP) is 3.42. The van der Waals surface area contributed by atoms with Crippen LogP contribution in [0.1, 0.15) is 44.7 Å². The molecule has 2 heteroatoms. The van der Waals surface area contributed by atoms with Crippen LogP contribution in [0.15, 0.2) is 24.3 Å². The van der Waals surface area contributed by atoms with Crippen molar-refractivity contribution in [3.8, 4) is 0 Å². The third kappa shape index (κ3) is 4.32. The van der Waals surface area contributed by atoms with Gasteiger partial charge in [0.1, 0.15) is 0 Å². The molecule has 0 amide bonds. The first-order chi connectivity index (χ1) is 9.24. The van der Waals surface area contributed by atoms with Crippen LogP contribution in [-0.4, -0.2) is 24.0 Å². The molecule has 1 aliphatic rings. The standard InChI is InChI=1S/C17H28N2/c1-4-19(5-2)13-17-9-7-6-8-16(17)12-18-14(3)15-10-11-15/h6-9,14-15,18H,4-5,10-13H2,1-3H3. The zero-order valence-corrected chi connectivity index (χ0v) is 12.7. The van der Waals surface area contributed by atoms with E-state index in [0.29, 0.717) is 6.04 Å². The van der Waals surface area contributed by atoms with Crippen LogP contribution in [0.3, 0.4) is 0 Å². The summed E-state index contributed by atoms with van der Waals surface area (Å²) in [6, 6.07) is 9.53. The monoisotopic (exact) mass is 260 g/mol. The third-order valence-corrected chi connectivity index (χ3v) is 4.35. The van der Waals surface area contributed by atoms with Crippen molar-refractivity contribution < 1.29 is 0 Å². The van der Waals surface area contributed by atoms with Crippen molar-refractivity contribution in [3.63, 3.8) is 0 Å². The summed E-state index contributed by atoms with van der Waals surface area (Å²) in [6.07, 6.45) is 2.82. The van der Waals surface area contributed by atoms with Gasteiger partial charge in [0.2, 0.25) is 0 Å². The molecule has 0 saturated heterocycles. The second-order valence-corrected chi connectivity index (χ2v) is 5.74. The van der Waals surface area contributed by atoms with E-state index in [2.05, 4.69) is 55.3 Å². The Balaban J connectivity index is 1.94. The molecule has 0 radical (unpaired) electrons. The lowest BCUT2D eigenvalue weighted by Crippen LogP contribution is -2.28. The summed E-state index contributed by atoms with van der Waals surface area (Å²) in [6.45, 7) is 11.1. The molecular weight excluding hydrogens is 232 g/mol. The minimum atomic E-state index is 0.668. The fraction of sp³-hybridized carbons (Fsp3) is 0.647. The Morgan fingerprint density at radius 2 is 1.79 bits per heavy atom. The van der Waals surface area contributed by atoms with E-state index in [1.54, 1.807) is 0 Å². The maximum atomic E-state index is 3.69. The molecule has 0 heterocycles. The summed E-state index contributed by atoms with van der Waals surface area (Å²) < 4.78 is 0. The van der Waals surface area contributed by atoms with E-state index in [1.807, 2.05) is 0 Å². The largest absolute Gasteiger partial charge is 0.310 e. The molecule has 0 aliphatic heterocycles. The lowest BCUT2D eigenvalue weighted by molar-refractivity contribution is 0.294. The van der Waals surface area contributed by atoms with E-state index in [4.69, 9.17) is 0 Å². The van der Waals surface area contributed by atoms with Crippen molar-refractivity contribution in [1.82, 2.24) is 10.2 Å². The molecule has 2 nitrogen and oxygen atoms in total. The SMILES string of the molecule is CCN(CC)Cc1ccccc1CNC(C)C1CC1. The highest BCUT2D eigenvalue weighted by atomic mass is 15.1. The van der Waals surface area contributed by atoms with E-state index in [-0.39, 0.29) is 0 Å². The van der Waals surface area contributed by atoms with E-state index < -0.39 is 0 Å². The van der Waals surface area contributed by atoms with Gasteiger partial charge in [-0.15, -0.1) is 0 Å². The van der Waals surface area contributed by atoms with Crippen LogP contribution >= 0.6 is 0 Å². The van der Waals surface area contributed by atoms with Crippen molar-refractivity contribution in [2.24, 2.45) is 5.92 Å². The number of hydrogen-bond donors (Lipinski definition) is 1. The number of nitrogens with one attached hydrogen (secondary N) is 1. The fourth-order valence-corrected chi connectivity index (χ4v) is 2.61. The van der Waals surface area contributed by atoms with Gasteiger partial charge in [-0.2, -0.15) is 0 Å². The molecule has 1 saturated carbocycles. The molecule has 19 heavy (non-hydrogen) atoms. The average molecular weight is 260 g/mol. The second kappa shape index (κ2) is 7.06. The molecule has 1 unspecified atom stereocenters. The summed E-state index contributed by atoms with van der Waals surface area (Å²) in [5, 5.41) is 3.69. The van der Waals surface area contributed by atoms with Crippen molar-refractivity contribution in [1.29, 1.82) is 0 Å². The minimum absolute atomic E-state index is 0.668. The first-order valence-corrected chi connectivity index (χ1v) is 7.77. The van der Waals surface area contributed by atoms with Gasteiger partial charge in [-0.3, -0.25) is 4.90 Å².